The first kappa shape index (κ1) is 18.7. The maximum absolute atomic E-state index is 12.0. The molecule has 5 nitrogen and oxygen atoms in total. The Morgan fingerprint density at radius 3 is 2.48 bits per heavy atom. The van der Waals surface area contributed by atoms with E-state index >= 15 is 0 Å². The molecule has 1 heterocycles. The maximum Gasteiger partial charge on any atom is 0.235 e. The quantitative estimate of drug-likeness (QED) is 0.764. The predicted molar refractivity (Wildman–Crippen MR) is 86.5 cm³/mol. The molecule has 0 radical (unpaired) electrons. The summed E-state index contributed by atoms with van der Waals surface area (Å²) in [5.74, 6) is -0.0585. The van der Waals surface area contributed by atoms with Gasteiger partial charge in [-0.25, -0.2) is 8.42 Å². The Balaban J connectivity index is 0.00000220. The Labute approximate surface area is 134 Å². The lowest BCUT2D eigenvalue weighted by atomic mass is 9.96. The molecular weight excluding hydrogens is 312 g/mol. The van der Waals surface area contributed by atoms with Crippen LogP contribution >= 0.6 is 12.4 Å². The van der Waals surface area contributed by atoms with E-state index in [1.54, 1.807) is 0 Å². The van der Waals surface area contributed by atoms with E-state index in [2.05, 4.69) is 10.6 Å². The first-order chi connectivity index (χ1) is 9.58. The molecule has 1 saturated carbocycles. The second kappa shape index (κ2) is 8.96. The normalized spacial score (nSPS) is 23.5. The van der Waals surface area contributed by atoms with E-state index in [4.69, 9.17) is 0 Å². The van der Waals surface area contributed by atoms with Crippen molar-refractivity contribution in [2.24, 2.45) is 5.92 Å². The molecule has 0 bridgehead atoms. The van der Waals surface area contributed by atoms with Gasteiger partial charge >= 0.3 is 0 Å². The molecule has 1 atom stereocenters. The lowest BCUT2D eigenvalue weighted by Gasteiger charge is -2.22. The lowest BCUT2D eigenvalue weighted by molar-refractivity contribution is -0.118. The highest BCUT2D eigenvalue weighted by atomic mass is 35.5. The third-order valence-corrected chi connectivity index (χ3v) is 6.57. The van der Waals surface area contributed by atoms with Crippen LogP contribution in [0, 0.1) is 5.92 Å². The number of sulfone groups is 1. The molecule has 0 aromatic carbocycles. The third kappa shape index (κ3) is 6.12. The molecule has 1 unspecified atom stereocenters. The largest absolute Gasteiger partial charge is 0.355 e. The summed E-state index contributed by atoms with van der Waals surface area (Å²) in [5.41, 5.74) is 0. The van der Waals surface area contributed by atoms with E-state index < -0.39 is 9.84 Å². The smallest absolute Gasteiger partial charge is 0.235 e. The Bertz CT molecular complexity index is 416. The van der Waals surface area contributed by atoms with Gasteiger partial charge in [0.15, 0.2) is 9.84 Å². The summed E-state index contributed by atoms with van der Waals surface area (Å²) in [5, 5.41) is 5.82. The van der Waals surface area contributed by atoms with Crippen molar-refractivity contribution in [2.75, 3.05) is 25.4 Å². The number of rotatable bonds is 6. The molecule has 1 aliphatic carbocycles. The second-order valence-corrected chi connectivity index (χ2v) is 8.35. The highest BCUT2D eigenvalue weighted by Gasteiger charge is 2.30. The van der Waals surface area contributed by atoms with Gasteiger partial charge in [0.1, 0.15) is 5.75 Å². The molecule has 21 heavy (non-hydrogen) atoms. The predicted octanol–water partition coefficient (Wildman–Crippen LogP) is 1.27. The van der Waals surface area contributed by atoms with Crippen molar-refractivity contribution in [3.8, 4) is 0 Å². The SMILES string of the molecule is Cl.O=C(CS(=O)(=O)C1CCCC1)NCCC1CCCNC1. The van der Waals surface area contributed by atoms with Crippen LogP contribution in [-0.4, -0.2) is 45.0 Å². The summed E-state index contributed by atoms with van der Waals surface area (Å²) < 4.78 is 24.1. The van der Waals surface area contributed by atoms with E-state index in [0.717, 1.165) is 45.2 Å². The second-order valence-electron chi connectivity index (χ2n) is 6.06. The van der Waals surface area contributed by atoms with Crippen molar-refractivity contribution >= 4 is 28.2 Å². The summed E-state index contributed by atoms with van der Waals surface area (Å²) in [4.78, 5) is 11.8. The Hall–Kier alpha value is -0.330. The summed E-state index contributed by atoms with van der Waals surface area (Å²) in [6, 6.07) is 0. The Kier molecular flexibility index (Phi) is 7.98. The molecule has 2 aliphatic rings. The van der Waals surface area contributed by atoms with Crippen molar-refractivity contribution < 1.29 is 13.2 Å². The van der Waals surface area contributed by atoms with Crippen molar-refractivity contribution in [3.05, 3.63) is 0 Å². The lowest BCUT2D eigenvalue weighted by Crippen LogP contribution is -2.36. The van der Waals surface area contributed by atoms with Crippen LogP contribution in [0.5, 0.6) is 0 Å². The minimum Gasteiger partial charge on any atom is -0.355 e. The first-order valence-corrected chi connectivity index (χ1v) is 9.48. The molecule has 1 saturated heterocycles. The molecule has 7 heteroatoms. The number of hydrogen-bond donors (Lipinski definition) is 2. The van der Waals surface area contributed by atoms with E-state index in [1.807, 2.05) is 0 Å². The summed E-state index contributed by atoms with van der Waals surface area (Å²) in [6.07, 6.45) is 6.72. The zero-order chi connectivity index (χ0) is 14.4. The molecule has 1 aliphatic heterocycles. The minimum atomic E-state index is -3.24. The average Bonchev–Trinajstić information content (AvgIpc) is 2.94. The van der Waals surface area contributed by atoms with E-state index in [0.29, 0.717) is 12.5 Å². The number of nitrogens with one attached hydrogen (secondary N) is 2. The zero-order valence-corrected chi connectivity index (χ0v) is 14.1. The van der Waals surface area contributed by atoms with Crippen LogP contribution in [0.25, 0.3) is 0 Å². The molecule has 0 aromatic heterocycles. The van der Waals surface area contributed by atoms with Crippen LogP contribution < -0.4 is 10.6 Å². The van der Waals surface area contributed by atoms with Gasteiger partial charge in [0.05, 0.1) is 5.25 Å². The van der Waals surface area contributed by atoms with Gasteiger partial charge in [0.2, 0.25) is 5.91 Å². The molecule has 1 amide bonds. The fraction of sp³-hybridized carbons (Fsp3) is 0.929. The first-order valence-electron chi connectivity index (χ1n) is 7.77. The number of hydrogen-bond acceptors (Lipinski definition) is 4. The fourth-order valence-corrected chi connectivity index (χ4v) is 4.94. The minimum absolute atomic E-state index is 0. The van der Waals surface area contributed by atoms with Crippen molar-refractivity contribution in [1.82, 2.24) is 10.6 Å². The zero-order valence-electron chi connectivity index (χ0n) is 12.5. The molecular formula is C14H27ClN2O3S. The van der Waals surface area contributed by atoms with Crippen molar-refractivity contribution in [3.63, 3.8) is 0 Å². The third-order valence-electron chi connectivity index (χ3n) is 4.42. The van der Waals surface area contributed by atoms with E-state index in [9.17, 15) is 13.2 Å². The standard InChI is InChI=1S/C14H26N2O3S.ClH/c17-14(11-20(18,19)13-5-1-2-6-13)16-9-7-12-4-3-8-15-10-12;/h12-13,15H,1-11H2,(H,16,17);1H. The summed E-state index contributed by atoms with van der Waals surface area (Å²) in [6.45, 7) is 2.68. The van der Waals surface area contributed by atoms with Crippen LogP contribution in [0.4, 0.5) is 0 Å². The topological polar surface area (TPSA) is 75.3 Å². The molecule has 0 spiro atoms. The van der Waals surface area contributed by atoms with Gasteiger partial charge in [-0.15, -0.1) is 12.4 Å². The van der Waals surface area contributed by atoms with Crippen LogP contribution in [0.1, 0.15) is 44.9 Å². The van der Waals surface area contributed by atoms with Crippen molar-refractivity contribution in [1.29, 1.82) is 0 Å². The summed E-state index contributed by atoms with van der Waals surface area (Å²) >= 11 is 0. The number of piperidine rings is 1. The van der Waals surface area contributed by atoms with Crippen LogP contribution in [0.15, 0.2) is 0 Å². The molecule has 2 fully saturated rings. The van der Waals surface area contributed by atoms with Gasteiger partial charge in [0, 0.05) is 6.54 Å². The van der Waals surface area contributed by atoms with Gasteiger partial charge in [-0.3, -0.25) is 4.79 Å². The highest BCUT2D eigenvalue weighted by molar-refractivity contribution is 7.92. The number of amides is 1. The monoisotopic (exact) mass is 338 g/mol. The van der Waals surface area contributed by atoms with Crippen LogP contribution in [0.2, 0.25) is 0 Å². The van der Waals surface area contributed by atoms with E-state index in [1.165, 1.54) is 12.8 Å². The summed E-state index contributed by atoms with van der Waals surface area (Å²) in [7, 11) is -3.24. The Morgan fingerprint density at radius 1 is 1.14 bits per heavy atom. The number of carbonyl (C=O) groups excluding carboxylic acids is 1. The maximum atomic E-state index is 12.0. The molecule has 2 rings (SSSR count). The van der Waals surface area contributed by atoms with Gasteiger partial charge in [-0.2, -0.15) is 0 Å². The highest BCUT2D eigenvalue weighted by Crippen LogP contribution is 2.25. The fourth-order valence-electron chi connectivity index (χ4n) is 3.19. The van der Waals surface area contributed by atoms with Gasteiger partial charge in [-0.1, -0.05) is 12.8 Å². The van der Waals surface area contributed by atoms with Crippen LogP contribution in [0.3, 0.4) is 0 Å². The number of halogens is 1. The Morgan fingerprint density at radius 2 is 1.86 bits per heavy atom. The molecule has 2 N–H and O–H groups in total. The number of carbonyl (C=O) groups is 1. The molecule has 124 valence electrons. The van der Waals surface area contributed by atoms with Crippen molar-refractivity contribution in [2.45, 2.75) is 50.2 Å². The molecule has 0 aromatic rings. The van der Waals surface area contributed by atoms with E-state index in [-0.39, 0.29) is 29.3 Å². The average molecular weight is 339 g/mol. The van der Waals surface area contributed by atoms with Gasteiger partial charge < -0.3 is 10.6 Å². The van der Waals surface area contributed by atoms with Gasteiger partial charge in [0.25, 0.3) is 0 Å². The van der Waals surface area contributed by atoms with Crippen LogP contribution in [-0.2, 0) is 14.6 Å². The van der Waals surface area contributed by atoms with Gasteiger partial charge in [-0.05, 0) is 51.1 Å².